The van der Waals surface area contributed by atoms with E-state index in [0.29, 0.717) is 6.61 Å². The summed E-state index contributed by atoms with van der Waals surface area (Å²) in [6.45, 7) is 2.47. The molecule has 7 heteroatoms. The number of hydrogen-bond donors (Lipinski definition) is 0. The molecular formula is C30H29NO6. The number of amides is 1. The number of ether oxygens (including phenoxy) is 4. The van der Waals surface area contributed by atoms with E-state index in [1.54, 1.807) is 4.90 Å². The first-order chi connectivity index (χ1) is 18.1. The number of epoxide rings is 1. The molecular weight excluding hydrogens is 470 g/mol. The van der Waals surface area contributed by atoms with Crippen LogP contribution < -0.4 is 0 Å². The van der Waals surface area contributed by atoms with Crippen LogP contribution in [0.2, 0.25) is 0 Å². The number of carbonyl (C=O) groups excluding carboxylic acids is 2. The fourth-order valence-corrected chi connectivity index (χ4v) is 5.78. The molecule has 1 amide bonds. The Bertz CT molecular complexity index is 1250. The zero-order valence-corrected chi connectivity index (χ0v) is 20.6. The lowest BCUT2D eigenvalue weighted by molar-refractivity contribution is -0.168. The zero-order valence-electron chi connectivity index (χ0n) is 20.6. The maximum Gasteiger partial charge on any atom is 0.411 e. The standard InChI is InChI=1S/C30H29NO6/c1-2-35-30(19-34-18-20-12-6-3-7-13-20)27(25-26(36-25)28(30)32)31-23(21-14-8-4-9-15-21)24(37-29(31)33)22-16-10-5-11-17-22/h3-17,23-27H,2,18-19H2,1H3/t23-,24+,25+,26-,27-,30+/m1/s1. The summed E-state index contributed by atoms with van der Waals surface area (Å²) in [6, 6.07) is 28.1. The molecule has 0 bridgehead atoms. The maximum absolute atomic E-state index is 13.7. The predicted molar refractivity (Wildman–Crippen MR) is 135 cm³/mol. The second-order valence-electron chi connectivity index (χ2n) is 9.61. The summed E-state index contributed by atoms with van der Waals surface area (Å²) in [7, 11) is 0. The van der Waals surface area contributed by atoms with E-state index in [1.807, 2.05) is 97.9 Å². The third-order valence-corrected chi connectivity index (χ3v) is 7.41. The normalized spacial score (nSPS) is 30.3. The second kappa shape index (κ2) is 9.74. The number of hydrogen-bond acceptors (Lipinski definition) is 6. The Kier molecular flexibility index (Phi) is 6.28. The highest BCUT2D eigenvalue weighted by Gasteiger charge is 2.74. The number of nitrogens with zero attached hydrogens (tertiary/aromatic N) is 1. The van der Waals surface area contributed by atoms with Crippen molar-refractivity contribution in [2.75, 3.05) is 13.2 Å². The van der Waals surface area contributed by atoms with E-state index in [9.17, 15) is 9.59 Å². The van der Waals surface area contributed by atoms with Gasteiger partial charge in [-0.1, -0.05) is 91.0 Å². The minimum atomic E-state index is -1.35. The average Bonchev–Trinajstić information content (AvgIpc) is 3.59. The molecule has 37 heavy (non-hydrogen) atoms. The van der Waals surface area contributed by atoms with E-state index in [2.05, 4.69) is 0 Å². The smallest absolute Gasteiger partial charge is 0.411 e. The SMILES string of the molecule is CCO[C@]1(COCc2ccccc2)C(=O)[C@@H]2O[C@@H]2[C@H]1N1C(=O)O[C@@H](c2ccccc2)[C@H]1c1ccccc1. The number of cyclic esters (lactones) is 1. The first kappa shape index (κ1) is 23.9. The summed E-state index contributed by atoms with van der Waals surface area (Å²) < 4.78 is 24.1. The lowest BCUT2D eigenvalue weighted by Crippen LogP contribution is -2.61. The Morgan fingerprint density at radius 1 is 0.838 bits per heavy atom. The van der Waals surface area contributed by atoms with Gasteiger partial charge in [0.05, 0.1) is 13.2 Å². The summed E-state index contributed by atoms with van der Waals surface area (Å²) >= 11 is 0. The van der Waals surface area contributed by atoms with Gasteiger partial charge in [0.15, 0.2) is 11.7 Å². The molecule has 0 unspecified atom stereocenters. The van der Waals surface area contributed by atoms with E-state index in [-0.39, 0.29) is 19.0 Å². The Balaban J connectivity index is 1.38. The van der Waals surface area contributed by atoms with Gasteiger partial charge in [-0.3, -0.25) is 9.69 Å². The quantitative estimate of drug-likeness (QED) is 0.400. The highest BCUT2D eigenvalue weighted by molar-refractivity contribution is 5.99. The minimum absolute atomic E-state index is 0.0108. The van der Waals surface area contributed by atoms with Gasteiger partial charge in [0, 0.05) is 6.61 Å². The van der Waals surface area contributed by atoms with Gasteiger partial charge in [0.25, 0.3) is 0 Å². The van der Waals surface area contributed by atoms with Gasteiger partial charge in [-0.25, -0.2) is 4.79 Å². The van der Waals surface area contributed by atoms with E-state index in [0.717, 1.165) is 16.7 Å². The van der Waals surface area contributed by atoms with Gasteiger partial charge in [-0.05, 0) is 23.6 Å². The molecule has 3 aromatic rings. The molecule has 2 aliphatic heterocycles. The van der Waals surface area contributed by atoms with Crippen molar-refractivity contribution < 1.29 is 28.5 Å². The molecule has 3 aliphatic rings. The van der Waals surface area contributed by atoms with Crippen LogP contribution in [0, 0.1) is 0 Å². The molecule has 7 nitrogen and oxygen atoms in total. The molecule has 190 valence electrons. The molecule has 2 saturated heterocycles. The minimum Gasteiger partial charge on any atom is -0.439 e. The van der Waals surface area contributed by atoms with Crippen molar-refractivity contribution in [3.05, 3.63) is 108 Å². The Hall–Kier alpha value is -3.52. The van der Waals surface area contributed by atoms with Gasteiger partial charge < -0.3 is 18.9 Å². The van der Waals surface area contributed by atoms with Crippen LogP contribution in [0.3, 0.4) is 0 Å². The lowest BCUT2D eigenvalue weighted by atomic mass is 9.89. The molecule has 1 aliphatic carbocycles. The molecule has 1 saturated carbocycles. The van der Waals surface area contributed by atoms with Crippen LogP contribution in [0.1, 0.15) is 35.8 Å². The van der Waals surface area contributed by atoms with Crippen molar-refractivity contribution in [3.8, 4) is 0 Å². The Labute approximate surface area is 215 Å². The van der Waals surface area contributed by atoms with Gasteiger partial charge in [-0.2, -0.15) is 0 Å². The fraction of sp³-hybridized carbons (Fsp3) is 0.333. The van der Waals surface area contributed by atoms with Crippen LogP contribution in [0.4, 0.5) is 4.79 Å². The molecule has 0 aromatic heterocycles. The summed E-state index contributed by atoms with van der Waals surface area (Å²) in [5.74, 6) is -0.180. The number of benzene rings is 3. The van der Waals surface area contributed by atoms with E-state index < -0.39 is 42.1 Å². The molecule has 6 atom stereocenters. The number of fused-ring (bicyclic) bond motifs is 1. The first-order valence-electron chi connectivity index (χ1n) is 12.7. The van der Waals surface area contributed by atoms with Crippen LogP contribution in [0.15, 0.2) is 91.0 Å². The van der Waals surface area contributed by atoms with Crippen LogP contribution in [-0.4, -0.2) is 53.8 Å². The van der Waals surface area contributed by atoms with Crippen LogP contribution in [0.5, 0.6) is 0 Å². The molecule has 0 spiro atoms. The van der Waals surface area contributed by atoms with Crippen LogP contribution in [-0.2, 0) is 30.3 Å². The topological polar surface area (TPSA) is 77.6 Å². The van der Waals surface area contributed by atoms with Crippen molar-refractivity contribution in [2.24, 2.45) is 0 Å². The monoisotopic (exact) mass is 499 g/mol. The second-order valence-corrected chi connectivity index (χ2v) is 9.61. The average molecular weight is 500 g/mol. The van der Waals surface area contributed by atoms with Crippen LogP contribution in [0.25, 0.3) is 0 Å². The maximum atomic E-state index is 13.7. The van der Waals surface area contributed by atoms with E-state index >= 15 is 0 Å². The van der Waals surface area contributed by atoms with Crippen LogP contribution >= 0.6 is 0 Å². The Morgan fingerprint density at radius 3 is 2.11 bits per heavy atom. The van der Waals surface area contributed by atoms with Gasteiger partial charge in [0.2, 0.25) is 5.78 Å². The van der Waals surface area contributed by atoms with Gasteiger partial charge in [-0.15, -0.1) is 0 Å². The largest absolute Gasteiger partial charge is 0.439 e. The van der Waals surface area contributed by atoms with Crippen molar-refractivity contribution in [1.82, 2.24) is 4.90 Å². The third kappa shape index (κ3) is 4.13. The van der Waals surface area contributed by atoms with E-state index in [1.165, 1.54) is 0 Å². The number of rotatable bonds is 9. The zero-order chi connectivity index (χ0) is 25.4. The van der Waals surface area contributed by atoms with Crippen molar-refractivity contribution in [1.29, 1.82) is 0 Å². The highest BCUT2D eigenvalue weighted by Crippen LogP contribution is 2.53. The molecule has 3 aromatic carbocycles. The summed E-state index contributed by atoms with van der Waals surface area (Å²) in [4.78, 5) is 29.0. The Morgan fingerprint density at radius 2 is 1.46 bits per heavy atom. The molecule has 6 rings (SSSR count). The predicted octanol–water partition coefficient (Wildman–Crippen LogP) is 4.63. The van der Waals surface area contributed by atoms with Crippen molar-refractivity contribution in [2.45, 2.75) is 49.5 Å². The molecule has 0 radical (unpaired) electrons. The molecule has 0 N–H and O–H groups in total. The number of Topliss-reactive ketones (excluding diaryl/α,β-unsaturated/α-hetero) is 1. The number of carbonyl (C=O) groups is 2. The van der Waals surface area contributed by atoms with Crippen molar-refractivity contribution >= 4 is 11.9 Å². The summed E-state index contributed by atoms with van der Waals surface area (Å²) in [5.41, 5.74) is 1.43. The van der Waals surface area contributed by atoms with E-state index in [4.69, 9.17) is 18.9 Å². The van der Waals surface area contributed by atoms with Crippen molar-refractivity contribution in [3.63, 3.8) is 0 Å². The number of ketones is 1. The lowest BCUT2D eigenvalue weighted by Gasteiger charge is -2.41. The molecule has 3 fully saturated rings. The molecule has 2 heterocycles. The first-order valence-corrected chi connectivity index (χ1v) is 12.7. The summed E-state index contributed by atoms with van der Waals surface area (Å²) in [6.07, 6.45) is -2.12. The third-order valence-electron chi connectivity index (χ3n) is 7.41. The van der Waals surface area contributed by atoms with Gasteiger partial charge in [0.1, 0.15) is 24.3 Å². The van der Waals surface area contributed by atoms with Gasteiger partial charge >= 0.3 is 6.09 Å². The highest BCUT2D eigenvalue weighted by atomic mass is 16.6. The fourth-order valence-electron chi connectivity index (χ4n) is 5.78. The summed E-state index contributed by atoms with van der Waals surface area (Å²) in [5, 5.41) is 0.